The van der Waals surface area contributed by atoms with Gasteiger partial charge >= 0.3 is 0 Å². The van der Waals surface area contributed by atoms with Gasteiger partial charge in [-0.1, -0.05) is 36.8 Å². The number of aryl methyl sites for hydroxylation is 1. The maximum atomic E-state index is 5.76. The Balaban J connectivity index is 2.88. The summed E-state index contributed by atoms with van der Waals surface area (Å²) in [5.41, 5.74) is 2.36. The molecule has 0 aromatic heterocycles. The molecule has 0 aliphatic carbocycles. The van der Waals surface area contributed by atoms with E-state index in [1.54, 1.807) is 0 Å². The highest BCUT2D eigenvalue weighted by Gasteiger charge is 2.51. The highest BCUT2D eigenvalue weighted by molar-refractivity contribution is 7.71. The molecule has 1 aliphatic rings. The Bertz CT molecular complexity index is 813. The van der Waals surface area contributed by atoms with Gasteiger partial charge in [0, 0.05) is 6.54 Å². The van der Waals surface area contributed by atoms with Crippen molar-refractivity contribution in [3.63, 3.8) is 0 Å². The Kier molecular flexibility index (Phi) is 7.85. The quantitative estimate of drug-likeness (QED) is 0.523. The average molecular weight is 456 g/mol. The standard InChI is InChI=1S/C21H43N7P2/c1-13-28-20(19-16-14-18(2)15-17-19)21(3,4)22-29(28,24(5)6)23-30(25(7)8,26(9)10)27(11)12/h14-17,20H,13H2,1-12H3. The first-order valence-corrected chi connectivity index (χ1v) is 13.8. The molecule has 1 aliphatic heterocycles. The van der Waals surface area contributed by atoms with E-state index in [9.17, 15) is 0 Å². The lowest BCUT2D eigenvalue weighted by Crippen LogP contribution is -2.35. The van der Waals surface area contributed by atoms with Crippen molar-refractivity contribution in [2.75, 3.05) is 62.9 Å². The van der Waals surface area contributed by atoms with Crippen molar-refractivity contribution in [1.29, 1.82) is 0 Å². The molecule has 0 amide bonds. The molecule has 1 aromatic carbocycles. The van der Waals surface area contributed by atoms with Crippen LogP contribution in [0.2, 0.25) is 0 Å². The molecule has 0 fully saturated rings. The van der Waals surface area contributed by atoms with Crippen LogP contribution in [0.25, 0.3) is 0 Å². The van der Waals surface area contributed by atoms with E-state index < -0.39 is 15.0 Å². The van der Waals surface area contributed by atoms with Crippen molar-refractivity contribution in [2.24, 2.45) is 9.26 Å². The number of rotatable bonds is 7. The molecule has 172 valence electrons. The predicted molar refractivity (Wildman–Crippen MR) is 134 cm³/mol. The Morgan fingerprint density at radius 2 is 1.43 bits per heavy atom. The third-order valence-electron chi connectivity index (χ3n) is 5.81. The first-order chi connectivity index (χ1) is 13.8. The first kappa shape index (κ1) is 25.7. The van der Waals surface area contributed by atoms with Crippen molar-refractivity contribution in [2.45, 2.75) is 39.3 Å². The Labute approximate surface area is 185 Å². The topological polar surface area (TPSA) is 40.9 Å². The largest absolute Gasteiger partial charge is 0.252 e. The van der Waals surface area contributed by atoms with Gasteiger partial charge < -0.3 is 0 Å². The molecule has 0 radical (unpaired) electrons. The summed E-state index contributed by atoms with van der Waals surface area (Å²) in [6, 6.07) is 9.14. The van der Waals surface area contributed by atoms with Crippen LogP contribution in [-0.2, 0) is 0 Å². The fourth-order valence-electron chi connectivity index (χ4n) is 4.62. The molecular weight excluding hydrogens is 412 g/mol. The fraction of sp³-hybridized carbons (Fsp3) is 0.714. The first-order valence-electron chi connectivity index (χ1n) is 10.6. The normalized spacial score (nSPS) is 24.9. The van der Waals surface area contributed by atoms with Crippen LogP contribution >= 0.6 is 15.0 Å². The third-order valence-corrected chi connectivity index (χ3v) is 14.0. The van der Waals surface area contributed by atoms with Crippen LogP contribution in [0.4, 0.5) is 0 Å². The zero-order valence-corrected chi connectivity index (χ0v) is 22.9. The summed E-state index contributed by atoms with van der Waals surface area (Å²) in [5, 5.41) is 0. The van der Waals surface area contributed by atoms with Gasteiger partial charge in [-0.15, -0.1) is 0 Å². The Morgan fingerprint density at radius 1 is 0.967 bits per heavy atom. The van der Waals surface area contributed by atoms with Crippen LogP contribution in [0.5, 0.6) is 0 Å². The van der Waals surface area contributed by atoms with Crippen LogP contribution in [0.3, 0.4) is 0 Å². The molecule has 7 nitrogen and oxygen atoms in total. The molecule has 2 rings (SSSR count). The van der Waals surface area contributed by atoms with Crippen molar-refractivity contribution in [3.8, 4) is 0 Å². The van der Waals surface area contributed by atoms with Crippen molar-refractivity contribution >= 4 is 15.0 Å². The van der Waals surface area contributed by atoms with E-state index in [1.165, 1.54) is 11.1 Å². The van der Waals surface area contributed by atoms with Crippen molar-refractivity contribution in [1.82, 2.24) is 23.4 Å². The van der Waals surface area contributed by atoms with Gasteiger partial charge in [0.2, 0.25) is 7.51 Å². The monoisotopic (exact) mass is 455 g/mol. The molecular formula is C21H43N7P2. The molecule has 1 aromatic rings. The van der Waals surface area contributed by atoms with Gasteiger partial charge in [-0.2, -0.15) is 4.52 Å². The van der Waals surface area contributed by atoms with Crippen LogP contribution in [0.1, 0.15) is 37.9 Å². The third kappa shape index (κ3) is 4.23. The molecule has 2 unspecified atom stereocenters. The number of likely N-dealkylation sites (N-methyl/N-ethyl adjacent to an activating group) is 1. The summed E-state index contributed by atoms with van der Waals surface area (Å²) in [5.74, 6) is 0. The summed E-state index contributed by atoms with van der Waals surface area (Å²) < 4.78 is 23.0. The highest BCUT2D eigenvalue weighted by Crippen LogP contribution is 2.74. The minimum absolute atomic E-state index is 0.191. The lowest BCUT2D eigenvalue weighted by molar-refractivity contribution is 0.272. The molecule has 0 N–H and O–H groups in total. The van der Waals surface area contributed by atoms with E-state index in [1.807, 2.05) is 0 Å². The van der Waals surface area contributed by atoms with E-state index in [0.29, 0.717) is 0 Å². The van der Waals surface area contributed by atoms with Gasteiger partial charge in [0.15, 0.2) is 7.51 Å². The number of benzene rings is 1. The molecule has 1 heterocycles. The molecule has 0 saturated carbocycles. The zero-order valence-electron chi connectivity index (χ0n) is 21.1. The van der Waals surface area contributed by atoms with E-state index in [2.05, 4.69) is 132 Å². The van der Waals surface area contributed by atoms with Gasteiger partial charge in [0.05, 0.1) is 11.6 Å². The van der Waals surface area contributed by atoms with E-state index in [0.717, 1.165) is 6.54 Å². The highest BCUT2D eigenvalue weighted by atomic mass is 31.2. The fourth-order valence-corrected chi connectivity index (χ4v) is 13.8. The van der Waals surface area contributed by atoms with Crippen molar-refractivity contribution < 1.29 is 0 Å². The van der Waals surface area contributed by atoms with Gasteiger partial charge in [-0.25, -0.2) is 14.1 Å². The smallest absolute Gasteiger partial charge is 0.214 e. The van der Waals surface area contributed by atoms with E-state index >= 15 is 0 Å². The summed E-state index contributed by atoms with van der Waals surface area (Å²) in [6.07, 6.45) is 0. The second-order valence-corrected chi connectivity index (χ2v) is 16.2. The maximum Gasteiger partial charge on any atom is 0.214 e. The van der Waals surface area contributed by atoms with Gasteiger partial charge in [-0.05, 0) is 82.7 Å². The second-order valence-electron chi connectivity index (χ2n) is 9.37. The van der Waals surface area contributed by atoms with Crippen LogP contribution < -0.4 is 0 Å². The zero-order chi connectivity index (χ0) is 23.1. The molecule has 2 atom stereocenters. The van der Waals surface area contributed by atoms with E-state index in [-0.39, 0.29) is 11.6 Å². The molecule has 0 saturated heterocycles. The second kappa shape index (κ2) is 9.15. The summed E-state index contributed by atoms with van der Waals surface area (Å²) in [4.78, 5) is 0. The van der Waals surface area contributed by atoms with Crippen LogP contribution in [0, 0.1) is 6.92 Å². The predicted octanol–water partition coefficient (Wildman–Crippen LogP) is 5.29. The maximum absolute atomic E-state index is 5.76. The Hall–Kier alpha value is -0.520. The minimum atomic E-state index is -2.33. The van der Waals surface area contributed by atoms with Gasteiger partial charge in [-0.3, -0.25) is 14.0 Å². The lowest BCUT2D eigenvalue weighted by Gasteiger charge is -2.45. The SMILES string of the molecule is CCN1C(c2ccc(C)cc2)C(C)(C)N=P1(N=P(N(C)C)(N(C)C)N(C)C)N(C)C. The van der Waals surface area contributed by atoms with Gasteiger partial charge in [0.25, 0.3) is 0 Å². The molecule has 9 heteroatoms. The Morgan fingerprint density at radius 3 is 1.80 bits per heavy atom. The molecule has 0 bridgehead atoms. The molecule has 0 spiro atoms. The van der Waals surface area contributed by atoms with Crippen LogP contribution in [-0.4, -0.2) is 91.8 Å². The lowest BCUT2D eigenvalue weighted by atomic mass is 9.89. The summed E-state index contributed by atoms with van der Waals surface area (Å²) in [7, 11) is 12.7. The van der Waals surface area contributed by atoms with Crippen LogP contribution in [0.15, 0.2) is 33.5 Å². The van der Waals surface area contributed by atoms with Gasteiger partial charge in [0.1, 0.15) is 0 Å². The summed E-state index contributed by atoms with van der Waals surface area (Å²) in [6.45, 7) is 9.81. The molecule has 30 heavy (non-hydrogen) atoms. The van der Waals surface area contributed by atoms with Crippen molar-refractivity contribution in [3.05, 3.63) is 35.4 Å². The van der Waals surface area contributed by atoms with E-state index in [4.69, 9.17) is 9.26 Å². The average Bonchev–Trinajstić information content (AvgIpc) is 2.86. The number of hydrogen-bond acceptors (Lipinski definition) is 4. The number of nitrogens with zero attached hydrogens (tertiary/aromatic N) is 7. The summed E-state index contributed by atoms with van der Waals surface area (Å²) >= 11 is 0. The minimum Gasteiger partial charge on any atom is -0.252 e. The number of hydrogen-bond donors (Lipinski definition) is 0.